The van der Waals surface area contributed by atoms with Gasteiger partial charge in [0.15, 0.2) is 0 Å². The minimum absolute atomic E-state index is 0.0359. The van der Waals surface area contributed by atoms with Crippen molar-refractivity contribution in [2.45, 2.75) is 37.5 Å². The lowest BCUT2D eigenvalue weighted by Crippen LogP contribution is -2.33. The average Bonchev–Trinajstić information content (AvgIpc) is 2.57. The van der Waals surface area contributed by atoms with E-state index in [9.17, 15) is 13.2 Å². The predicted molar refractivity (Wildman–Crippen MR) is 107 cm³/mol. The average molecular weight is 391 g/mol. The molecule has 0 fully saturated rings. The van der Waals surface area contributed by atoms with Crippen LogP contribution in [0.15, 0.2) is 40.1 Å². The van der Waals surface area contributed by atoms with Gasteiger partial charge in [-0.1, -0.05) is 17.7 Å². The third kappa shape index (κ3) is 3.59. The SMILES string of the molecule is CC(=O)N1CCSc2cc(S(=O)(=O)Nc3c(C)cc(C)cc3C)ccc21. The highest BCUT2D eigenvalue weighted by molar-refractivity contribution is 7.99. The second-order valence-electron chi connectivity index (χ2n) is 6.53. The number of amides is 1. The van der Waals surface area contributed by atoms with Gasteiger partial charge >= 0.3 is 0 Å². The van der Waals surface area contributed by atoms with Gasteiger partial charge in [-0.05, 0) is 50.1 Å². The van der Waals surface area contributed by atoms with Crippen molar-refractivity contribution in [2.24, 2.45) is 0 Å². The minimum atomic E-state index is -3.71. The number of fused-ring (bicyclic) bond motifs is 1. The zero-order chi connectivity index (χ0) is 19.1. The Morgan fingerprint density at radius 1 is 1.12 bits per heavy atom. The van der Waals surface area contributed by atoms with Crippen molar-refractivity contribution < 1.29 is 13.2 Å². The number of anilines is 2. The molecule has 0 unspecified atom stereocenters. The van der Waals surface area contributed by atoms with Crippen molar-refractivity contribution in [3.05, 3.63) is 47.0 Å². The first kappa shape index (κ1) is 18.8. The summed E-state index contributed by atoms with van der Waals surface area (Å²) in [5, 5.41) is 0. The van der Waals surface area contributed by atoms with Crippen molar-refractivity contribution in [1.29, 1.82) is 0 Å². The molecule has 0 aromatic heterocycles. The molecule has 0 saturated heterocycles. The molecular weight excluding hydrogens is 368 g/mol. The first-order chi connectivity index (χ1) is 12.2. The van der Waals surface area contributed by atoms with E-state index in [0.29, 0.717) is 12.2 Å². The molecule has 1 amide bonds. The van der Waals surface area contributed by atoms with E-state index in [1.807, 2.05) is 32.9 Å². The van der Waals surface area contributed by atoms with Crippen LogP contribution in [0.5, 0.6) is 0 Å². The van der Waals surface area contributed by atoms with Crippen LogP contribution in [0, 0.1) is 20.8 Å². The predicted octanol–water partition coefficient (Wildman–Crippen LogP) is 3.87. The zero-order valence-electron chi connectivity index (χ0n) is 15.3. The quantitative estimate of drug-likeness (QED) is 0.864. The van der Waals surface area contributed by atoms with Gasteiger partial charge < -0.3 is 4.90 Å². The van der Waals surface area contributed by atoms with Gasteiger partial charge in [-0.3, -0.25) is 9.52 Å². The molecular formula is C19H22N2O3S2. The fraction of sp³-hybridized carbons (Fsp3) is 0.316. The van der Waals surface area contributed by atoms with Gasteiger partial charge in [-0.15, -0.1) is 11.8 Å². The van der Waals surface area contributed by atoms with Crippen LogP contribution in [0.4, 0.5) is 11.4 Å². The van der Waals surface area contributed by atoms with Crippen LogP contribution < -0.4 is 9.62 Å². The maximum atomic E-state index is 12.9. The van der Waals surface area contributed by atoms with Crippen LogP contribution in [0.1, 0.15) is 23.6 Å². The van der Waals surface area contributed by atoms with Crippen molar-refractivity contribution in [3.8, 4) is 0 Å². The lowest BCUT2D eigenvalue weighted by molar-refractivity contribution is -0.116. The van der Waals surface area contributed by atoms with Crippen LogP contribution in [-0.2, 0) is 14.8 Å². The molecule has 1 aliphatic heterocycles. The largest absolute Gasteiger partial charge is 0.311 e. The molecule has 0 radical (unpaired) electrons. The van der Waals surface area contributed by atoms with Crippen molar-refractivity contribution >= 4 is 39.1 Å². The number of hydrogen-bond donors (Lipinski definition) is 1. The highest BCUT2D eigenvalue weighted by Gasteiger charge is 2.24. The Balaban J connectivity index is 1.97. The number of nitrogens with one attached hydrogen (secondary N) is 1. The number of sulfonamides is 1. The summed E-state index contributed by atoms with van der Waals surface area (Å²) in [6.45, 7) is 7.93. The molecule has 2 aromatic rings. The van der Waals surface area contributed by atoms with Gasteiger partial charge in [0, 0.05) is 24.1 Å². The molecule has 0 atom stereocenters. The molecule has 138 valence electrons. The molecule has 0 bridgehead atoms. The molecule has 1 aliphatic rings. The second-order valence-corrected chi connectivity index (χ2v) is 9.35. The lowest BCUT2D eigenvalue weighted by atomic mass is 10.1. The topological polar surface area (TPSA) is 66.5 Å². The van der Waals surface area contributed by atoms with Gasteiger partial charge in [0.25, 0.3) is 10.0 Å². The van der Waals surface area contributed by atoms with Crippen LogP contribution in [-0.4, -0.2) is 26.6 Å². The Kier molecular flexibility index (Phi) is 5.03. The summed E-state index contributed by atoms with van der Waals surface area (Å²) in [6.07, 6.45) is 0. The third-order valence-corrected chi connectivity index (χ3v) is 6.77. The van der Waals surface area contributed by atoms with Gasteiger partial charge in [-0.25, -0.2) is 8.42 Å². The third-order valence-electron chi connectivity index (χ3n) is 4.40. The molecule has 26 heavy (non-hydrogen) atoms. The molecule has 0 aliphatic carbocycles. The summed E-state index contributed by atoms with van der Waals surface area (Å²) in [5.41, 5.74) is 4.27. The monoisotopic (exact) mass is 390 g/mol. The van der Waals surface area contributed by atoms with E-state index in [-0.39, 0.29) is 10.8 Å². The van der Waals surface area contributed by atoms with Gasteiger partial charge in [0.1, 0.15) is 0 Å². The maximum Gasteiger partial charge on any atom is 0.261 e. The normalized spacial score (nSPS) is 14.1. The molecule has 0 saturated carbocycles. The Hall–Kier alpha value is -1.99. The first-order valence-corrected chi connectivity index (χ1v) is 10.8. The molecule has 5 nitrogen and oxygen atoms in total. The van der Waals surface area contributed by atoms with Crippen LogP contribution in [0.2, 0.25) is 0 Å². The fourth-order valence-electron chi connectivity index (χ4n) is 3.23. The highest BCUT2D eigenvalue weighted by atomic mass is 32.2. The second kappa shape index (κ2) is 6.96. The Labute approximate surface area is 158 Å². The van der Waals surface area contributed by atoms with E-state index in [1.54, 1.807) is 34.9 Å². The molecule has 7 heteroatoms. The minimum Gasteiger partial charge on any atom is -0.311 e. The first-order valence-electron chi connectivity index (χ1n) is 8.34. The summed E-state index contributed by atoms with van der Waals surface area (Å²) in [4.78, 5) is 14.5. The summed E-state index contributed by atoms with van der Waals surface area (Å²) >= 11 is 1.57. The maximum absolute atomic E-state index is 12.9. The van der Waals surface area contributed by atoms with Crippen molar-refractivity contribution in [2.75, 3.05) is 21.9 Å². The van der Waals surface area contributed by atoms with E-state index in [0.717, 1.165) is 33.0 Å². The number of thioether (sulfide) groups is 1. The van der Waals surface area contributed by atoms with E-state index >= 15 is 0 Å². The fourth-order valence-corrected chi connectivity index (χ4v) is 5.56. The molecule has 1 heterocycles. The van der Waals surface area contributed by atoms with Crippen molar-refractivity contribution in [3.63, 3.8) is 0 Å². The van der Waals surface area contributed by atoms with Crippen LogP contribution in [0.3, 0.4) is 0 Å². The summed E-state index contributed by atoms with van der Waals surface area (Å²) in [7, 11) is -3.71. The van der Waals surface area contributed by atoms with Crippen LogP contribution >= 0.6 is 11.8 Å². The number of benzene rings is 2. The molecule has 2 aromatic carbocycles. The summed E-state index contributed by atoms with van der Waals surface area (Å²) < 4.78 is 28.5. The molecule has 3 rings (SSSR count). The number of nitrogens with zero attached hydrogens (tertiary/aromatic N) is 1. The number of rotatable bonds is 3. The Morgan fingerprint density at radius 2 is 1.77 bits per heavy atom. The number of aryl methyl sites for hydroxylation is 3. The smallest absolute Gasteiger partial charge is 0.261 e. The van der Waals surface area contributed by atoms with E-state index in [2.05, 4.69) is 4.72 Å². The molecule has 0 spiro atoms. The zero-order valence-corrected chi connectivity index (χ0v) is 16.9. The number of carbonyl (C=O) groups excluding carboxylic acids is 1. The lowest BCUT2D eigenvalue weighted by Gasteiger charge is -2.28. The standard InChI is InChI=1S/C19H22N2O3S2/c1-12-9-13(2)19(14(3)10-12)20-26(23,24)16-5-6-17-18(11-16)25-8-7-21(17)15(4)22/h5-6,9-11,20H,7-8H2,1-4H3. The van der Waals surface area contributed by atoms with E-state index in [1.165, 1.54) is 6.92 Å². The summed E-state index contributed by atoms with van der Waals surface area (Å²) in [5.74, 6) is 0.714. The highest BCUT2D eigenvalue weighted by Crippen LogP contribution is 2.37. The summed E-state index contributed by atoms with van der Waals surface area (Å²) in [6, 6.07) is 8.83. The number of carbonyl (C=O) groups is 1. The Morgan fingerprint density at radius 3 is 2.38 bits per heavy atom. The van der Waals surface area contributed by atoms with Gasteiger partial charge in [0.2, 0.25) is 5.91 Å². The van der Waals surface area contributed by atoms with Gasteiger partial charge in [0.05, 0.1) is 16.3 Å². The van der Waals surface area contributed by atoms with Gasteiger partial charge in [-0.2, -0.15) is 0 Å². The van der Waals surface area contributed by atoms with Crippen molar-refractivity contribution in [1.82, 2.24) is 0 Å². The Bertz CT molecular complexity index is 961. The van der Waals surface area contributed by atoms with E-state index < -0.39 is 10.0 Å². The van der Waals surface area contributed by atoms with Crippen LogP contribution in [0.25, 0.3) is 0 Å². The van der Waals surface area contributed by atoms with E-state index in [4.69, 9.17) is 0 Å². The molecule has 1 N–H and O–H groups in total. The number of hydrogen-bond acceptors (Lipinski definition) is 4.